The molecule has 15 heavy (non-hydrogen) atoms. The maximum atomic E-state index is 12.8. The summed E-state index contributed by atoms with van der Waals surface area (Å²) in [4.78, 5) is 11.0. The summed E-state index contributed by atoms with van der Waals surface area (Å²) in [5.41, 5.74) is 5.22. The van der Waals surface area contributed by atoms with Crippen LogP contribution in [0.25, 0.3) is 0 Å². The van der Waals surface area contributed by atoms with Crippen molar-refractivity contribution in [2.75, 3.05) is 6.54 Å². The number of hydrogen-bond donors (Lipinski definition) is 2. The van der Waals surface area contributed by atoms with Gasteiger partial charge in [0.25, 0.3) is 0 Å². The lowest BCUT2D eigenvalue weighted by Gasteiger charge is -2.08. The molecule has 1 aromatic carbocycles. The van der Waals surface area contributed by atoms with Gasteiger partial charge in [-0.25, -0.2) is 8.78 Å². The van der Waals surface area contributed by atoms with Gasteiger partial charge in [0.05, 0.1) is 0 Å². The van der Waals surface area contributed by atoms with Crippen LogP contribution in [0.2, 0.25) is 0 Å². The van der Waals surface area contributed by atoms with Gasteiger partial charge < -0.3 is 10.8 Å². The summed E-state index contributed by atoms with van der Waals surface area (Å²) in [5.74, 6) is -3.03. The largest absolute Gasteiger partial charge is 0.480 e. The van der Waals surface area contributed by atoms with Gasteiger partial charge in [0.1, 0.15) is 5.25 Å². The van der Waals surface area contributed by atoms with Crippen molar-refractivity contribution in [2.24, 2.45) is 5.73 Å². The molecular formula is C9H9F2NO2S. The fourth-order valence-electron chi connectivity index (χ4n) is 0.914. The van der Waals surface area contributed by atoms with Gasteiger partial charge in [-0.2, -0.15) is 0 Å². The molecule has 0 amide bonds. The summed E-state index contributed by atoms with van der Waals surface area (Å²) in [6, 6.07) is 3.22. The third-order valence-electron chi connectivity index (χ3n) is 1.66. The number of carbonyl (C=O) groups is 1. The van der Waals surface area contributed by atoms with Crippen molar-refractivity contribution in [3.8, 4) is 0 Å². The number of thioether (sulfide) groups is 1. The average molecular weight is 233 g/mol. The molecule has 1 aromatic rings. The Bertz CT molecular complexity index is 373. The lowest BCUT2D eigenvalue weighted by atomic mass is 10.3. The summed E-state index contributed by atoms with van der Waals surface area (Å²) in [6.07, 6.45) is 0. The van der Waals surface area contributed by atoms with Crippen molar-refractivity contribution in [1.29, 1.82) is 0 Å². The van der Waals surface area contributed by atoms with Gasteiger partial charge in [-0.15, -0.1) is 11.8 Å². The average Bonchev–Trinajstić information content (AvgIpc) is 2.19. The van der Waals surface area contributed by atoms with Crippen LogP contribution < -0.4 is 5.73 Å². The highest BCUT2D eigenvalue weighted by molar-refractivity contribution is 8.00. The van der Waals surface area contributed by atoms with Gasteiger partial charge in [0.15, 0.2) is 11.6 Å². The SMILES string of the molecule is NCC(Sc1ccc(F)c(F)c1)C(=O)O. The van der Waals surface area contributed by atoms with Crippen LogP contribution in [0.3, 0.4) is 0 Å². The van der Waals surface area contributed by atoms with Crippen LogP contribution in [0.5, 0.6) is 0 Å². The van der Waals surface area contributed by atoms with Crippen LogP contribution in [0.1, 0.15) is 0 Å². The molecule has 0 aliphatic rings. The Morgan fingerprint density at radius 2 is 2.13 bits per heavy atom. The van der Waals surface area contributed by atoms with Gasteiger partial charge in [0, 0.05) is 11.4 Å². The standard InChI is InChI=1S/C9H9F2NO2S/c10-6-2-1-5(3-7(6)11)15-8(4-12)9(13)14/h1-3,8H,4,12H2,(H,13,14). The Morgan fingerprint density at radius 3 is 2.60 bits per heavy atom. The van der Waals surface area contributed by atoms with E-state index in [2.05, 4.69) is 0 Å². The number of aliphatic carboxylic acids is 1. The highest BCUT2D eigenvalue weighted by atomic mass is 32.2. The van der Waals surface area contributed by atoms with E-state index in [-0.39, 0.29) is 6.54 Å². The Labute approximate surface area is 89.3 Å². The molecule has 0 aromatic heterocycles. The van der Waals surface area contributed by atoms with Gasteiger partial charge in [-0.05, 0) is 18.2 Å². The lowest BCUT2D eigenvalue weighted by Crippen LogP contribution is -2.25. The smallest absolute Gasteiger partial charge is 0.318 e. The van der Waals surface area contributed by atoms with E-state index in [1.807, 2.05) is 0 Å². The van der Waals surface area contributed by atoms with Crippen molar-refractivity contribution in [2.45, 2.75) is 10.1 Å². The Morgan fingerprint density at radius 1 is 1.47 bits per heavy atom. The zero-order valence-corrected chi connectivity index (χ0v) is 8.43. The molecular weight excluding hydrogens is 224 g/mol. The molecule has 1 rings (SSSR count). The van der Waals surface area contributed by atoms with Gasteiger partial charge >= 0.3 is 5.97 Å². The Kier molecular flexibility index (Phi) is 4.05. The third-order valence-corrected chi connectivity index (χ3v) is 2.86. The minimum Gasteiger partial charge on any atom is -0.480 e. The molecule has 0 saturated heterocycles. The highest BCUT2D eigenvalue weighted by Gasteiger charge is 2.17. The van der Waals surface area contributed by atoms with Crippen LogP contribution in [-0.4, -0.2) is 22.9 Å². The number of carboxylic acids is 1. The number of carboxylic acid groups (broad SMARTS) is 1. The normalized spacial score (nSPS) is 12.5. The van der Waals surface area contributed by atoms with E-state index >= 15 is 0 Å². The van der Waals surface area contributed by atoms with E-state index in [1.165, 1.54) is 6.07 Å². The van der Waals surface area contributed by atoms with Crippen molar-refractivity contribution in [3.05, 3.63) is 29.8 Å². The highest BCUT2D eigenvalue weighted by Crippen LogP contribution is 2.24. The van der Waals surface area contributed by atoms with Gasteiger partial charge in [-0.3, -0.25) is 4.79 Å². The summed E-state index contributed by atoms with van der Waals surface area (Å²) in [7, 11) is 0. The summed E-state index contributed by atoms with van der Waals surface area (Å²) >= 11 is 0.888. The van der Waals surface area contributed by atoms with Crippen LogP contribution in [0.4, 0.5) is 8.78 Å². The van der Waals surface area contributed by atoms with E-state index in [9.17, 15) is 13.6 Å². The Hall–Kier alpha value is -1.14. The van der Waals surface area contributed by atoms with Crippen molar-refractivity contribution >= 4 is 17.7 Å². The second-order valence-corrected chi connectivity index (χ2v) is 4.03. The first-order valence-electron chi connectivity index (χ1n) is 4.09. The van der Waals surface area contributed by atoms with Gasteiger partial charge in [0.2, 0.25) is 0 Å². The lowest BCUT2D eigenvalue weighted by molar-refractivity contribution is -0.136. The molecule has 0 radical (unpaired) electrons. The van der Waals surface area contributed by atoms with Crippen LogP contribution >= 0.6 is 11.8 Å². The number of hydrogen-bond acceptors (Lipinski definition) is 3. The molecule has 1 atom stereocenters. The fraction of sp³-hybridized carbons (Fsp3) is 0.222. The van der Waals surface area contributed by atoms with Crippen LogP contribution in [0, 0.1) is 11.6 Å². The first kappa shape index (κ1) is 11.9. The van der Waals surface area contributed by atoms with E-state index in [4.69, 9.17) is 10.8 Å². The predicted molar refractivity (Wildman–Crippen MR) is 52.7 cm³/mol. The molecule has 82 valence electrons. The molecule has 0 bridgehead atoms. The van der Waals surface area contributed by atoms with Crippen molar-refractivity contribution in [1.82, 2.24) is 0 Å². The molecule has 0 aliphatic heterocycles. The maximum absolute atomic E-state index is 12.8. The quantitative estimate of drug-likeness (QED) is 0.773. The van der Waals surface area contributed by atoms with Gasteiger partial charge in [-0.1, -0.05) is 0 Å². The third kappa shape index (κ3) is 3.17. The van der Waals surface area contributed by atoms with Crippen molar-refractivity contribution in [3.63, 3.8) is 0 Å². The second kappa shape index (κ2) is 5.09. The van der Waals surface area contributed by atoms with Crippen LogP contribution in [0.15, 0.2) is 23.1 Å². The van der Waals surface area contributed by atoms with E-state index in [0.717, 1.165) is 23.9 Å². The van der Waals surface area contributed by atoms with Crippen LogP contribution in [-0.2, 0) is 4.79 Å². The molecule has 3 nitrogen and oxygen atoms in total. The monoisotopic (exact) mass is 233 g/mol. The number of rotatable bonds is 4. The predicted octanol–water partition coefficient (Wildman–Crippen LogP) is 1.47. The van der Waals surface area contributed by atoms with Crippen molar-refractivity contribution < 1.29 is 18.7 Å². The molecule has 0 saturated carbocycles. The Balaban J connectivity index is 2.80. The minimum absolute atomic E-state index is 0.0704. The maximum Gasteiger partial charge on any atom is 0.318 e. The number of halogens is 2. The first-order valence-corrected chi connectivity index (χ1v) is 4.97. The number of benzene rings is 1. The summed E-state index contributed by atoms with van der Waals surface area (Å²) < 4.78 is 25.3. The number of nitrogens with two attached hydrogens (primary N) is 1. The molecule has 0 spiro atoms. The molecule has 3 N–H and O–H groups in total. The topological polar surface area (TPSA) is 63.3 Å². The molecule has 6 heteroatoms. The zero-order chi connectivity index (χ0) is 11.4. The van der Waals surface area contributed by atoms with E-state index in [1.54, 1.807) is 0 Å². The molecule has 0 heterocycles. The summed E-state index contributed by atoms with van der Waals surface area (Å²) in [5, 5.41) is 7.84. The fourth-order valence-corrected chi connectivity index (χ4v) is 1.76. The van der Waals surface area contributed by atoms with E-state index < -0.39 is 22.9 Å². The molecule has 0 aliphatic carbocycles. The second-order valence-electron chi connectivity index (χ2n) is 2.76. The molecule has 0 fully saturated rings. The zero-order valence-electron chi connectivity index (χ0n) is 7.61. The first-order chi connectivity index (χ1) is 7.04. The molecule has 1 unspecified atom stereocenters. The van der Waals surface area contributed by atoms with E-state index in [0.29, 0.717) is 4.90 Å². The summed E-state index contributed by atoms with van der Waals surface area (Å²) in [6.45, 7) is -0.0704. The minimum atomic E-state index is -1.08.